The molecule has 0 saturated carbocycles. The summed E-state index contributed by atoms with van der Waals surface area (Å²) in [5, 5.41) is 2.99. The number of para-hydroxylation sites is 1. The molecule has 4 heteroatoms. The van der Waals surface area contributed by atoms with Gasteiger partial charge in [0.05, 0.1) is 6.54 Å². The predicted molar refractivity (Wildman–Crippen MR) is 119 cm³/mol. The lowest BCUT2D eigenvalue weighted by Crippen LogP contribution is -2.34. The predicted octanol–water partition coefficient (Wildman–Crippen LogP) is 5.51. The van der Waals surface area contributed by atoms with Gasteiger partial charge < -0.3 is 14.8 Å². The molecule has 1 heterocycles. The van der Waals surface area contributed by atoms with Crippen LogP contribution in [0, 0.1) is 0 Å². The minimum Gasteiger partial charge on any atom is -0.488 e. The highest BCUT2D eigenvalue weighted by Crippen LogP contribution is 2.33. The molecule has 1 atom stereocenters. The number of hydrogen-bond donors (Lipinski definition) is 1. The Morgan fingerprint density at radius 3 is 2.43 bits per heavy atom. The smallest absolute Gasteiger partial charge is 0.251 e. The van der Waals surface area contributed by atoms with Gasteiger partial charge in [-0.1, -0.05) is 51.1 Å². The number of hydrogen-bond acceptors (Lipinski definition) is 3. The molecule has 0 unspecified atom stereocenters. The van der Waals surface area contributed by atoms with Gasteiger partial charge in [0.25, 0.3) is 5.91 Å². The third-order valence-corrected chi connectivity index (χ3v) is 5.26. The van der Waals surface area contributed by atoms with Crippen LogP contribution in [0.3, 0.4) is 0 Å². The summed E-state index contributed by atoms with van der Waals surface area (Å²) in [6, 6.07) is 23.4. The van der Waals surface area contributed by atoms with Crippen molar-refractivity contribution in [1.82, 2.24) is 5.32 Å². The van der Waals surface area contributed by atoms with E-state index in [1.807, 2.05) is 72.8 Å². The first-order valence-electron chi connectivity index (χ1n) is 10.3. The first-order chi connectivity index (χ1) is 14.4. The van der Waals surface area contributed by atoms with Crippen molar-refractivity contribution in [3.63, 3.8) is 0 Å². The van der Waals surface area contributed by atoms with Crippen LogP contribution in [0.4, 0.5) is 0 Å². The molecule has 3 aromatic carbocycles. The lowest BCUT2D eigenvalue weighted by atomic mass is 9.87. The molecular formula is C26H27NO3. The second-order valence-electron chi connectivity index (χ2n) is 8.67. The topological polar surface area (TPSA) is 47.6 Å². The molecule has 1 aliphatic rings. The van der Waals surface area contributed by atoms with E-state index in [1.165, 1.54) is 5.56 Å². The van der Waals surface area contributed by atoms with Crippen LogP contribution in [0.1, 0.15) is 42.3 Å². The summed E-state index contributed by atoms with van der Waals surface area (Å²) in [5.41, 5.74) is 3.04. The van der Waals surface area contributed by atoms with Gasteiger partial charge in [-0.25, -0.2) is 0 Å². The Morgan fingerprint density at radius 2 is 1.73 bits per heavy atom. The van der Waals surface area contributed by atoms with Crippen molar-refractivity contribution in [1.29, 1.82) is 0 Å². The van der Waals surface area contributed by atoms with Gasteiger partial charge in [0, 0.05) is 17.5 Å². The van der Waals surface area contributed by atoms with Gasteiger partial charge in [-0.15, -0.1) is 0 Å². The fourth-order valence-electron chi connectivity index (χ4n) is 3.53. The summed E-state index contributed by atoms with van der Waals surface area (Å²) in [4.78, 5) is 12.5. The van der Waals surface area contributed by atoms with E-state index in [9.17, 15) is 4.79 Å². The van der Waals surface area contributed by atoms with Gasteiger partial charge in [-0.05, 0) is 53.4 Å². The van der Waals surface area contributed by atoms with Crippen LogP contribution in [0.15, 0.2) is 72.8 Å². The Kier molecular flexibility index (Phi) is 5.49. The van der Waals surface area contributed by atoms with Crippen LogP contribution in [-0.4, -0.2) is 18.6 Å². The molecular weight excluding hydrogens is 374 g/mol. The summed E-state index contributed by atoms with van der Waals surface area (Å²) in [6.45, 7) is 6.94. The summed E-state index contributed by atoms with van der Waals surface area (Å²) >= 11 is 0. The van der Waals surface area contributed by atoms with Crippen LogP contribution in [0.2, 0.25) is 0 Å². The first-order valence-corrected chi connectivity index (χ1v) is 10.3. The maximum atomic E-state index is 12.5. The molecule has 1 N–H and O–H groups in total. The number of benzene rings is 3. The van der Waals surface area contributed by atoms with Crippen LogP contribution in [-0.2, 0) is 11.8 Å². The third kappa shape index (κ3) is 4.65. The molecule has 3 aromatic rings. The van der Waals surface area contributed by atoms with Crippen molar-refractivity contribution >= 4 is 5.91 Å². The molecule has 0 aliphatic carbocycles. The molecule has 0 bridgehead atoms. The molecule has 4 rings (SSSR count). The van der Waals surface area contributed by atoms with Crippen LogP contribution in [0.5, 0.6) is 17.2 Å². The lowest BCUT2D eigenvalue weighted by Gasteiger charge is -2.19. The quantitative estimate of drug-likeness (QED) is 0.613. The van der Waals surface area contributed by atoms with E-state index in [0.29, 0.717) is 12.1 Å². The second-order valence-corrected chi connectivity index (χ2v) is 8.67. The molecule has 0 aromatic heterocycles. The number of rotatable bonds is 5. The lowest BCUT2D eigenvalue weighted by molar-refractivity contribution is 0.0933. The number of ether oxygens (including phenoxy) is 2. The monoisotopic (exact) mass is 401 g/mol. The second kappa shape index (κ2) is 8.23. The van der Waals surface area contributed by atoms with Gasteiger partial charge >= 0.3 is 0 Å². The SMILES string of the molecule is CC(C)(C)c1ccc(C(=O)NC[C@@H]2Cc3cc(Oc4ccccc4)ccc3O2)cc1. The maximum Gasteiger partial charge on any atom is 0.251 e. The van der Waals surface area contributed by atoms with E-state index in [4.69, 9.17) is 9.47 Å². The Balaban J connectivity index is 1.33. The minimum absolute atomic E-state index is 0.0710. The Bertz CT molecular complexity index is 1020. The molecule has 0 fully saturated rings. The van der Waals surface area contributed by atoms with Gasteiger partial charge in [0.1, 0.15) is 23.4 Å². The van der Waals surface area contributed by atoms with E-state index in [-0.39, 0.29) is 17.4 Å². The fraction of sp³-hybridized carbons (Fsp3) is 0.269. The highest BCUT2D eigenvalue weighted by molar-refractivity contribution is 5.94. The molecule has 1 aliphatic heterocycles. The Labute approximate surface area is 177 Å². The summed E-state index contributed by atoms with van der Waals surface area (Å²) < 4.78 is 11.9. The highest BCUT2D eigenvalue weighted by Gasteiger charge is 2.24. The third-order valence-electron chi connectivity index (χ3n) is 5.26. The normalized spacial score (nSPS) is 15.2. The summed E-state index contributed by atoms with van der Waals surface area (Å²) in [5.74, 6) is 2.36. The van der Waals surface area contributed by atoms with Gasteiger partial charge in [-0.3, -0.25) is 4.79 Å². The van der Waals surface area contributed by atoms with E-state index in [1.54, 1.807) is 0 Å². The Hall–Kier alpha value is -3.27. The van der Waals surface area contributed by atoms with Crippen molar-refractivity contribution < 1.29 is 14.3 Å². The van der Waals surface area contributed by atoms with Crippen molar-refractivity contribution in [2.75, 3.05) is 6.54 Å². The fourth-order valence-corrected chi connectivity index (χ4v) is 3.53. The van der Waals surface area contributed by atoms with Gasteiger partial charge in [-0.2, -0.15) is 0 Å². The number of carbonyl (C=O) groups excluding carboxylic acids is 1. The van der Waals surface area contributed by atoms with Gasteiger partial charge in [0.15, 0.2) is 0 Å². The zero-order valence-electron chi connectivity index (χ0n) is 17.6. The molecule has 0 saturated heterocycles. The van der Waals surface area contributed by atoms with Crippen molar-refractivity contribution in [2.24, 2.45) is 0 Å². The molecule has 30 heavy (non-hydrogen) atoms. The highest BCUT2D eigenvalue weighted by atomic mass is 16.5. The minimum atomic E-state index is -0.0804. The number of nitrogens with one attached hydrogen (secondary N) is 1. The zero-order chi connectivity index (χ0) is 21.1. The van der Waals surface area contributed by atoms with E-state index in [0.717, 1.165) is 29.2 Å². The molecule has 154 valence electrons. The Morgan fingerprint density at radius 1 is 1.00 bits per heavy atom. The first kappa shape index (κ1) is 20.0. The average Bonchev–Trinajstić information content (AvgIpc) is 3.14. The van der Waals surface area contributed by atoms with E-state index < -0.39 is 0 Å². The van der Waals surface area contributed by atoms with Crippen LogP contribution < -0.4 is 14.8 Å². The number of carbonyl (C=O) groups is 1. The molecule has 4 nitrogen and oxygen atoms in total. The van der Waals surface area contributed by atoms with E-state index in [2.05, 4.69) is 26.1 Å². The average molecular weight is 402 g/mol. The van der Waals surface area contributed by atoms with E-state index >= 15 is 0 Å². The maximum absolute atomic E-state index is 12.5. The standard InChI is InChI=1S/C26H27NO3/c1-26(2,3)20-11-9-18(10-12-20)25(28)27-17-23-16-19-15-22(13-14-24(19)30-23)29-21-7-5-4-6-8-21/h4-15,23H,16-17H2,1-3H3,(H,27,28)/t23-/m0/s1. The van der Waals surface area contributed by atoms with Crippen molar-refractivity contribution in [3.8, 4) is 17.2 Å². The molecule has 1 amide bonds. The molecule has 0 spiro atoms. The number of fused-ring (bicyclic) bond motifs is 1. The number of amides is 1. The summed E-state index contributed by atoms with van der Waals surface area (Å²) in [6.07, 6.45) is 0.662. The van der Waals surface area contributed by atoms with Crippen LogP contribution >= 0.6 is 0 Å². The van der Waals surface area contributed by atoms with Gasteiger partial charge in [0.2, 0.25) is 0 Å². The van der Waals surface area contributed by atoms with Crippen molar-refractivity contribution in [3.05, 3.63) is 89.5 Å². The zero-order valence-corrected chi connectivity index (χ0v) is 17.6. The summed E-state index contributed by atoms with van der Waals surface area (Å²) in [7, 11) is 0. The largest absolute Gasteiger partial charge is 0.488 e. The van der Waals surface area contributed by atoms with Crippen LogP contribution in [0.25, 0.3) is 0 Å². The van der Waals surface area contributed by atoms with Crippen molar-refractivity contribution in [2.45, 2.75) is 38.7 Å². The molecule has 0 radical (unpaired) electrons.